The van der Waals surface area contributed by atoms with E-state index in [1.54, 1.807) is 0 Å². The first-order valence-electron chi connectivity index (χ1n) is 3.77. The number of hydrogen-bond donors (Lipinski definition) is 0. The van der Waals surface area contributed by atoms with Crippen LogP contribution >= 0.6 is 11.8 Å². The molecule has 62 valence electrons. The summed E-state index contributed by atoms with van der Waals surface area (Å²) in [5, 5.41) is 0.577. The third kappa shape index (κ3) is 2.26. The minimum Gasteiger partial charge on any atom is -0.337 e. The second-order valence-electron chi connectivity index (χ2n) is 2.67. The fourth-order valence-corrected chi connectivity index (χ4v) is 2.16. The lowest BCUT2D eigenvalue weighted by atomic mass is 10.3. The van der Waals surface area contributed by atoms with E-state index in [2.05, 4.69) is 13.5 Å². The van der Waals surface area contributed by atoms with Crippen LogP contribution in [0.1, 0.15) is 6.92 Å². The Labute approximate surface area is 71.6 Å². The summed E-state index contributed by atoms with van der Waals surface area (Å²) in [5.41, 5.74) is 0. The number of hydrogen-bond acceptors (Lipinski definition) is 2. The average Bonchev–Trinajstić information content (AvgIpc) is 2.03. The van der Waals surface area contributed by atoms with Crippen molar-refractivity contribution in [2.75, 3.05) is 18.8 Å². The molecule has 0 bridgehead atoms. The number of nitrogens with zero attached hydrogens (tertiary/aromatic N) is 1. The molecule has 0 aliphatic carbocycles. The van der Waals surface area contributed by atoms with Crippen LogP contribution in [-0.2, 0) is 4.79 Å². The molecule has 3 heteroatoms. The van der Waals surface area contributed by atoms with Gasteiger partial charge in [-0.2, -0.15) is 11.8 Å². The van der Waals surface area contributed by atoms with E-state index < -0.39 is 0 Å². The average molecular weight is 171 g/mol. The molecule has 1 saturated heterocycles. The van der Waals surface area contributed by atoms with Gasteiger partial charge in [0.2, 0.25) is 5.91 Å². The van der Waals surface area contributed by atoms with Gasteiger partial charge in [0.1, 0.15) is 0 Å². The Kier molecular flexibility index (Phi) is 3.00. The van der Waals surface area contributed by atoms with E-state index in [-0.39, 0.29) is 5.91 Å². The largest absolute Gasteiger partial charge is 0.337 e. The van der Waals surface area contributed by atoms with Gasteiger partial charge in [-0.05, 0) is 6.08 Å². The van der Waals surface area contributed by atoms with Crippen molar-refractivity contribution in [2.45, 2.75) is 12.2 Å². The van der Waals surface area contributed by atoms with Crippen molar-refractivity contribution in [1.29, 1.82) is 0 Å². The Hall–Kier alpha value is -0.440. The highest BCUT2D eigenvalue weighted by molar-refractivity contribution is 7.99. The summed E-state index contributed by atoms with van der Waals surface area (Å²) in [7, 11) is 0. The molecule has 0 radical (unpaired) electrons. The molecule has 0 N–H and O–H groups in total. The molecule has 0 aromatic carbocycles. The van der Waals surface area contributed by atoms with Gasteiger partial charge in [0, 0.05) is 24.1 Å². The number of carbonyl (C=O) groups excluding carboxylic acids is 1. The van der Waals surface area contributed by atoms with Crippen molar-refractivity contribution < 1.29 is 4.79 Å². The van der Waals surface area contributed by atoms with Gasteiger partial charge in [0.15, 0.2) is 0 Å². The van der Waals surface area contributed by atoms with Gasteiger partial charge >= 0.3 is 0 Å². The van der Waals surface area contributed by atoms with Crippen LogP contribution in [0.3, 0.4) is 0 Å². The lowest BCUT2D eigenvalue weighted by Gasteiger charge is -2.29. The van der Waals surface area contributed by atoms with Crippen molar-refractivity contribution in [3.8, 4) is 0 Å². The Morgan fingerprint density at radius 1 is 1.82 bits per heavy atom. The number of carbonyl (C=O) groups is 1. The summed E-state index contributed by atoms with van der Waals surface area (Å²) >= 11 is 1.92. The maximum atomic E-state index is 11.1. The molecule has 1 rings (SSSR count). The summed E-state index contributed by atoms with van der Waals surface area (Å²) in [4.78, 5) is 13.0. The molecule has 0 aromatic heterocycles. The Balaban J connectivity index is 2.45. The normalized spacial score (nSPS) is 24.8. The Morgan fingerprint density at radius 2 is 2.55 bits per heavy atom. The van der Waals surface area contributed by atoms with Crippen LogP contribution in [0.15, 0.2) is 12.7 Å². The fourth-order valence-electron chi connectivity index (χ4n) is 1.15. The van der Waals surface area contributed by atoms with E-state index >= 15 is 0 Å². The monoisotopic (exact) mass is 171 g/mol. The van der Waals surface area contributed by atoms with Gasteiger partial charge in [-0.3, -0.25) is 4.79 Å². The first-order valence-corrected chi connectivity index (χ1v) is 4.82. The maximum Gasteiger partial charge on any atom is 0.246 e. The molecule has 1 atom stereocenters. The van der Waals surface area contributed by atoms with Gasteiger partial charge < -0.3 is 4.90 Å². The maximum absolute atomic E-state index is 11.1. The molecule has 1 amide bonds. The fraction of sp³-hybridized carbons (Fsp3) is 0.625. The van der Waals surface area contributed by atoms with Gasteiger partial charge in [0.25, 0.3) is 0 Å². The molecular weight excluding hydrogens is 158 g/mol. The Morgan fingerprint density at radius 3 is 3.09 bits per heavy atom. The zero-order valence-corrected chi connectivity index (χ0v) is 7.56. The summed E-state index contributed by atoms with van der Waals surface area (Å²) < 4.78 is 0. The summed E-state index contributed by atoms with van der Waals surface area (Å²) in [6, 6.07) is 0. The lowest BCUT2D eigenvalue weighted by Crippen LogP contribution is -2.40. The third-order valence-electron chi connectivity index (χ3n) is 1.73. The topological polar surface area (TPSA) is 20.3 Å². The number of rotatable bonds is 1. The minimum absolute atomic E-state index is 0.0668. The second kappa shape index (κ2) is 3.81. The van der Waals surface area contributed by atoms with E-state index in [1.807, 2.05) is 16.7 Å². The molecule has 0 saturated carbocycles. The first-order chi connectivity index (χ1) is 5.24. The van der Waals surface area contributed by atoms with Crippen LogP contribution in [0.2, 0.25) is 0 Å². The molecule has 0 aromatic rings. The van der Waals surface area contributed by atoms with Crippen LogP contribution < -0.4 is 0 Å². The highest BCUT2D eigenvalue weighted by atomic mass is 32.2. The lowest BCUT2D eigenvalue weighted by molar-refractivity contribution is -0.125. The molecule has 1 aliphatic rings. The van der Waals surface area contributed by atoms with E-state index in [4.69, 9.17) is 0 Å². The Bertz CT molecular complexity index is 169. The van der Waals surface area contributed by atoms with Crippen molar-refractivity contribution in [3.05, 3.63) is 12.7 Å². The first kappa shape index (κ1) is 8.65. The van der Waals surface area contributed by atoms with Crippen molar-refractivity contribution in [2.24, 2.45) is 0 Å². The second-order valence-corrected chi connectivity index (χ2v) is 4.22. The highest BCUT2D eigenvalue weighted by Crippen LogP contribution is 2.17. The smallest absolute Gasteiger partial charge is 0.246 e. The highest BCUT2D eigenvalue weighted by Gasteiger charge is 2.18. The zero-order chi connectivity index (χ0) is 8.27. The van der Waals surface area contributed by atoms with Crippen molar-refractivity contribution in [1.82, 2.24) is 4.90 Å². The van der Waals surface area contributed by atoms with Crippen molar-refractivity contribution in [3.63, 3.8) is 0 Å². The van der Waals surface area contributed by atoms with Crippen LogP contribution in [-0.4, -0.2) is 34.9 Å². The molecular formula is C8H13NOS. The molecule has 1 aliphatic heterocycles. The quantitative estimate of drug-likeness (QED) is 0.551. The number of thioether (sulfide) groups is 1. The SMILES string of the molecule is C=CC(=O)N1CCS[C@H](C)C1. The predicted octanol–water partition coefficient (Wildman–Crippen LogP) is 1.14. The summed E-state index contributed by atoms with van der Waals surface area (Å²) in [6.45, 7) is 7.35. The molecule has 2 nitrogen and oxygen atoms in total. The van der Waals surface area contributed by atoms with E-state index in [0.29, 0.717) is 5.25 Å². The minimum atomic E-state index is 0.0668. The molecule has 0 spiro atoms. The molecule has 11 heavy (non-hydrogen) atoms. The van der Waals surface area contributed by atoms with Crippen LogP contribution in [0.4, 0.5) is 0 Å². The van der Waals surface area contributed by atoms with Crippen LogP contribution in [0.25, 0.3) is 0 Å². The van der Waals surface area contributed by atoms with Gasteiger partial charge in [-0.25, -0.2) is 0 Å². The molecule has 1 heterocycles. The number of amides is 1. The zero-order valence-electron chi connectivity index (χ0n) is 6.75. The van der Waals surface area contributed by atoms with Gasteiger partial charge in [-0.15, -0.1) is 0 Å². The molecule has 0 unspecified atom stereocenters. The van der Waals surface area contributed by atoms with Crippen LogP contribution in [0.5, 0.6) is 0 Å². The summed E-state index contributed by atoms with van der Waals surface area (Å²) in [6.07, 6.45) is 1.39. The van der Waals surface area contributed by atoms with E-state index in [1.165, 1.54) is 6.08 Å². The van der Waals surface area contributed by atoms with E-state index in [9.17, 15) is 4.79 Å². The van der Waals surface area contributed by atoms with Crippen molar-refractivity contribution >= 4 is 17.7 Å². The predicted molar refractivity (Wildman–Crippen MR) is 48.7 cm³/mol. The van der Waals surface area contributed by atoms with Crippen LogP contribution in [0, 0.1) is 0 Å². The molecule has 1 fully saturated rings. The third-order valence-corrected chi connectivity index (χ3v) is 2.86. The van der Waals surface area contributed by atoms with Gasteiger partial charge in [-0.1, -0.05) is 13.5 Å². The standard InChI is InChI=1S/C8H13NOS/c1-3-8(10)9-4-5-11-7(2)6-9/h3,7H,1,4-6H2,2H3/t7-/m1/s1. The summed E-state index contributed by atoms with van der Waals surface area (Å²) in [5.74, 6) is 1.12. The van der Waals surface area contributed by atoms with Gasteiger partial charge in [0.05, 0.1) is 0 Å². The van der Waals surface area contributed by atoms with E-state index in [0.717, 1.165) is 18.8 Å².